The van der Waals surface area contributed by atoms with Crippen LogP contribution in [-0.2, 0) is 4.74 Å². The summed E-state index contributed by atoms with van der Waals surface area (Å²) in [6.45, 7) is 4.63. The quantitative estimate of drug-likeness (QED) is 0.309. The van der Waals surface area contributed by atoms with E-state index in [-0.39, 0.29) is 5.91 Å². The number of nitrogens with zero attached hydrogens (tertiary/aromatic N) is 4. The lowest BCUT2D eigenvalue weighted by molar-refractivity contribution is 0.0338. The van der Waals surface area contributed by atoms with Gasteiger partial charge < -0.3 is 30.2 Å². The van der Waals surface area contributed by atoms with E-state index in [1.807, 2.05) is 36.4 Å². The summed E-state index contributed by atoms with van der Waals surface area (Å²) < 4.78 is 17.0. The summed E-state index contributed by atoms with van der Waals surface area (Å²) in [7, 11) is 3.37. The van der Waals surface area contributed by atoms with Gasteiger partial charge in [0.15, 0.2) is 0 Å². The Kier molecular flexibility index (Phi) is 8.04. The molecule has 3 N–H and O–H groups in total. The molecule has 3 aromatic carbocycles. The predicted octanol–water partition coefficient (Wildman–Crippen LogP) is 4.16. The fourth-order valence-electron chi connectivity index (χ4n) is 4.44. The maximum Gasteiger partial charge on any atom is 0.253 e. The number of aromatic nitrogens is 2. The average Bonchev–Trinajstić information content (AvgIpc) is 2.97. The van der Waals surface area contributed by atoms with Gasteiger partial charge in [0.1, 0.15) is 11.5 Å². The Morgan fingerprint density at radius 2 is 1.90 bits per heavy atom. The number of morpholine rings is 1. The number of rotatable bonds is 9. The maximum atomic E-state index is 13.2. The van der Waals surface area contributed by atoms with E-state index in [4.69, 9.17) is 19.9 Å². The molecule has 0 saturated carbocycles. The smallest absolute Gasteiger partial charge is 0.253 e. The molecular weight excluding hydrogens is 496 g/mol. The highest BCUT2D eigenvalue weighted by atomic mass is 16.5. The van der Waals surface area contributed by atoms with Gasteiger partial charge >= 0.3 is 0 Å². The topological polar surface area (TPSA) is 115 Å². The van der Waals surface area contributed by atoms with Crippen LogP contribution in [0.25, 0.3) is 10.8 Å². The average molecular weight is 529 g/mol. The van der Waals surface area contributed by atoms with Crippen LogP contribution in [0.2, 0.25) is 0 Å². The van der Waals surface area contributed by atoms with Crippen molar-refractivity contribution in [3.8, 4) is 17.4 Å². The van der Waals surface area contributed by atoms with Gasteiger partial charge in [0.2, 0.25) is 11.8 Å². The zero-order chi connectivity index (χ0) is 27.2. The molecule has 4 aromatic rings. The summed E-state index contributed by atoms with van der Waals surface area (Å²) in [4.78, 5) is 26.1. The van der Waals surface area contributed by atoms with Gasteiger partial charge in [0.05, 0.1) is 20.3 Å². The minimum absolute atomic E-state index is 0.0987. The van der Waals surface area contributed by atoms with Crippen molar-refractivity contribution in [2.24, 2.45) is 0 Å². The summed E-state index contributed by atoms with van der Waals surface area (Å²) in [5.74, 6) is 1.77. The Balaban J connectivity index is 1.31. The summed E-state index contributed by atoms with van der Waals surface area (Å²) in [5.41, 5.74) is 7.92. The second-order valence-electron chi connectivity index (χ2n) is 9.27. The van der Waals surface area contributed by atoms with E-state index in [1.165, 1.54) is 0 Å². The highest BCUT2D eigenvalue weighted by molar-refractivity contribution is 5.97. The third kappa shape index (κ3) is 6.36. The molecule has 202 valence electrons. The van der Waals surface area contributed by atoms with Crippen molar-refractivity contribution in [1.82, 2.24) is 19.8 Å². The van der Waals surface area contributed by atoms with E-state index in [0.717, 1.165) is 43.6 Å². The van der Waals surface area contributed by atoms with Crippen LogP contribution in [0.5, 0.6) is 17.4 Å². The number of likely N-dealkylation sites (N-methyl/N-ethyl adjacent to an activating group) is 1. The zero-order valence-corrected chi connectivity index (χ0v) is 22.1. The number of carbonyl (C=O) groups is 1. The number of anilines is 3. The van der Waals surface area contributed by atoms with E-state index in [1.54, 1.807) is 49.5 Å². The second kappa shape index (κ2) is 12.0. The normalized spacial score (nSPS) is 13.7. The van der Waals surface area contributed by atoms with Crippen LogP contribution in [0.4, 0.5) is 17.3 Å². The van der Waals surface area contributed by atoms with Crippen molar-refractivity contribution >= 4 is 34.0 Å². The van der Waals surface area contributed by atoms with Crippen LogP contribution in [0.15, 0.2) is 66.9 Å². The summed E-state index contributed by atoms with van der Waals surface area (Å²) in [6.07, 6.45) is 1.61. The van der Waals surface area contributed by atoms with Crippen LogP contribution in [-0.4, -0.2) is 79.2 Å². The third-order valence-corrected chi connectivity index (χ3v) is 6.61. The Labute approximate surface area is 227 Å². The Hall–Kier alpha value is -4.41. The van der Waals surface area contributed by atoms with Crippen molar-refractivity contribution in [1.29, 1.82) is 0 Å². The summed E-state index contributed by atoms with van der Waals surface area (Å²) >= 11 is 0. The fourth-order valence-corrected chi connectivity index (χ4v) is 4.44. The lowest BCUT2D eigenvalue weighted by Gasteiger charge is -2.28. The van der Waals surface area contributed by atoms with Gasteiger partial charge in [-0.3, -0.25) is 9.69 Å². The number of nitrogens with two attached hydrogens (primary N) is 1. The number of carbonyl (C=O) groups excluding carboxylic acids is 1. The molecule has 1 amide bonds. The molecule has 0 aliphatic carbocycles. The molecular formula is C29H32N6O4. The van der Waals surface area contributed by atoms with Gasteiger partial charge in [-0.05, 0) is 24.3 Å². The van der Waals surface area contributed by atoms with Gasteiger partial charge in [-0.1, -0.05) is 24.3 Å². The summed E-state index contributed by atoms with van der Waals surface area (Å²) in [5, 5.41) is 4.97. The summed E-state index contributed by atoms with van der Waals surface area (Å²) in [6, 6.07) is 18.4. The van der Waals surface area contributed by atoms with Crippen LogP contribution < -0.4 is 20.5 Å². The molecule has 39 heavy (non-hydrogen) atoms. The number of nitrogens with one attached hydrogen (secondary N) is 1. The number of nitrogen functional groups attached to an aromatic ring is 1. The van der Waals surface area contributed by atoms with Gasteiger partial charge in [-0.25, -0.2) is 4.98 Å². The van der Waals surface area contributed by atoms with E-state index in [2.05, 4.69) is 20.2 Å². The molecule has 10 heteroatoms. The van der Waals surface area contributed by atoms with Crippen molar-refractivity contribution in [3.63, 3.8) is 0 Å². The molecule has 1 aliphatic heterocycles. The highest BCUT2D eigenvalue weighted by Crippen LogP contribution is 2.33. The van der Waals surface area contributed by atoms with Gasteiger partial charge in [0.25, 0.3) is 5.91 Å². The Bertz CT molecular complexity index is 1460. The number of hydrogen-bond acceptors (Lipinski definition) is 9. The standard InChI is InChI=1S/C29H32N6O4/c1-34(11-12-35-13-15-38-16-14-35)28(36)20-17-21(19-22(18-20)37-2)32-29-31-10-9-27(33-29)39-26-8-7-25(30)23-5-3-4-6-24(23)26/h3-10,17-19H,11-16,30H2,1-2H3,(H,31,32,33). The molecule has 1 fully saturated rings. The van der Waals surface area contributed by atoms with Gasteiger partial charge in [-0.15, -0.1) is 0 Å². The number of fused-ring (bicyclic) bond motifs is 1. The first-order chi connectivity index (χ1) is 19.0. The molecule has 2 heterocycles. The molecule has 1 aromatic heterocycles. The van der Waals surface area contributed by atoms with Gasteiger partial charge in [0, 0.05) is 79.3 Å². The zero-order valence-electron chi connectivity index (χ0n) is 22.1. The largest absolute Gasteiger partial charge is 0.497 e. The van der Waals surface area contributed by atoms with Gasteiger partial charge in [-0.2, -0.15) is 4.98 Å². The molecule has 0 unspecified atom stereocenters. The minimum Gasteiger partial charge on any atom is -0.497 e. The second-order valence-corrected chi connectivity index (χ2v) is 9.27. The SMILES string of the molecule is COc1cc(Nc2nccc(Oc3ccc(N)c4ccccc34)n2)cc(C(=O)N(C)CCN2CCOCC2)c1. The van der Waals surface area contributed by atoms with E-state index >= 15 is 0 Å². The monoisotopic (exact) mass is 528 g/mol. The van der Waals surface area contributed by atoms with Crippen LogP contribution in [0, 0.1) is 0 Å². The minimum atomic E-state index is -0.0987. The lowest BCUT2D eigenvalue weighted by atomic mass is 10.1. The van der Waals surface area contributed by atoms with Crippen LogP contribution in [0.3, 0.4) is 0 Å². The number of hydrogen-bond donors (Lipinski definition) is 2. The molecule has 0 radical (unpaired) electrons. The molecule has 0 bridgehead atoms. The predicted molar refractivity (Wildman–Crippen MR) is 151 cm³/mol. The van der Waals surface area contributed by atoms with Crippen molar-refractivity contribution < 1.29 is 19.0 Å². The number of ether oxygens (including phenoxy) is 3. The molecule has 0 spiro atoms. The molecule has 0 atom stereocenters. The molecule has 10 nitrogen and oxygen atoms in total. The fraction of sp³-hybridized carbons (Fsp3) is 0.276. The number of benzene rings is 3. The Morgan fingerprint density at radius 3 is 2.69 bits per heavy atom. The number of amides is 1. The van der Waals surface area contributed by atoms with E-state index in [0.29, 0.717) is 46.8 Å². The van der Waals surface area contributed by atoms with E-state index < -0.39 is 0 Å². The van der Waals surface area contributed by atoms with Crippen LogP contribution in [0.1, 0.15) is 10.4 Å². The van der Waals surface area contributed by atoms with Crippen molar-refractivity contribution in [2.75, 3.05) is 64.6 Å². The van der Waals surface area contributed by atoms with Crippen molar-refractivity contribution in [2.45, 2.75) is 0 Å². The Morgan fingerprint density at radius 1 is 1.10 bits per heavy atom. The third-order valence-electron chi connectivity index (χ3n) is 6.61. The van der Waals surface area contributed by atoms with E-state index in [9.17, 15) is 4.79 Å². The van der Waals surface area contributed by atoms with Crippen molar-refractivity contribution in [3.05, 3.63) is 72.4 Å². The lowest BCUT2D eigenvalue weighted by Crippen LogP contribution is -2.41. The molecule has 5 rings (SSSR count). The maximum absolute atomic E-state index is 13.2. The molecule has 1 aliphatic rings. The first-order valence-corrected chi connectivity index (χ1v) is 12.8. The number of methoxy groups -OCH3 is 1. The molecule has 1 saturated heterocycles. The highest BCUT2D eigenvalue weighted by Gasteiger charge is 2.17. The first-order valence-electron chi connectivity index (χ1n) is 12.8. The van der Waals surface area contributed by atoms with Crippen LogP contribution >= 0.6 is 0 Å². The first kappa shape index (κ1) is 26.2.